The highest BCUT2D eigenvalue weighted by Gasteiger charge is 2.15. The fourth-order valence-electron chi connectivity index (χ4n) is 4.14. The molecule has 0 radical (unpaired) electrons. The monoisotopic (exact) mass is 574 g/mol. The van der Waals surface area contributed by atoms with E-state index < -0.39 is 9.84 Å². The fraction of sp³-hybridized carbons (Fsp3) is 0.161. The molecule has 0 atom stereocenters. The number of fused-ring (bicyclic) bond motifs is 1. The van der Waals surface area contributed by atoms with E-state index >= 15 is 0 Å². The van der Waals surface area contributed by atoms with Gasteiger partial charge in [-0.3, -0.25) is 4.79 Å². The molecule has 0 unspecified atom stereocenters. The molecule has 0 fully saturated rings. The Bertz CT molecular complexity index is 1710. The van der Waals surface area contributed by atoms with Gasteiger partial charge in [-0.05, 0) is 34.5 Å². The van der Waals surface area contributed by atoms with Crippen LogP contribution in [0.1, 0.15) is 21.5 Å². The number of hydrogen-bond acceptors (Lipinski definition) is 9. The van der Waals surface area contributed by atoms with Crippen molar-refractivity contribution >= 4 is 38.2 Å². The van der Waals surface area contributed by atoms with Gasteiger partial charge in [0.25, 0.3) is 0 Å². The standard InChI is InChI=1S/C31H30N2O7S/c1-37-25-17-29(38-2)26(30(18-25)39-3)12-14-41(35,36)20-21-15-27(31(40-4)33-19-21)32-13-11-28(34)24-10-9-22-7-5-6-8-23(22)16-24/h5-19,32H,20H2,1-4H3. The lowest BCUT2D eigenvalue weighted by atomic mass is 10.0. The third kappa shape index (κ3) is 7.23. The van der Waals surface area contributed by atoms with Crippen LogP contribution in [0.4, 0.5) is 5.69 Å². The van der Waals surface area contributed by atoms with Crippen LogP contribution in [0.15, 0.2) is 84.5 Å². The Morgan fingerprint density at radius 1 is 0.878 bits per heavy atom. The molecule has 9 nitrogen and oxygen atoms in total. The number of nitrogens with one attached hydrogen (secondary N) is 1. The first-order chi connectivity index (χ1) is 19.8. The van der Waals surface area contributed by atoms with Gasteiger partial charge in [-0.15, -0.1) is 0 Å². The molecule has 0 bridgehead atoms. The van der Waals surface area contributed by atoms with Crippen molar-refractivity contribution < 1.29 is 32.2 Å². The lowest BCUT2D eigenvalue weighted by molar-refractivity contribution is 0.104. The van der Waals surface area contributed by atoms with Crippen molar-refractivity contribution in [3.8, 4) is 23.1 Å². The van der Waals surface area contributed by atoms with E-state index in [1.54, 1.807) is 24.3 Å². The predicted octanol–water partition coefficient (Wildman–Crippen LogP) is 5.66. The van der Waals surface area contributed by atoms with Crippen molar-refractivity contribution in [2.24, 2.45) is 0 Å². The number of ketones is 1. The first kappa shape index (κ1) is 29.2. The maximum Gasteiger partial charge on any atom is 0.237 e. The molecule has 0 saturated carbocycles. The maximum atomic E-state index is 13.0. The van der Waals surface area contributed by atoms with Crippen molar-refractivity contribution in [2.75, 3.05) is 33.8 Å². The van der Waals surface area contributed by atoms with E-state index in [2.05, 4.69) is 10.3 Å². The second kappa shape index (κ2) is 13.0. The molecule has 0 aliphatic rings. The summed E-state index contributed by atoms with van der Waals surface area (Å²) in [5.74, 6) is 1.04. The largest absolute Gasteiger partial charge is 0.496 e. The molecule has 4 rings (SSSR count). The van der Waals surface area contributed by atoms with Crippen molar-refractivity contribution in [2.45, 2.75) is 5.75 Å². The first-order valence-corrected chi connectivity index (χ1v) is 14.2. The van der Waals surface area contributed by atoms with Crippen molar-refractivity contribution in [3.63, 3.8) is 0 Å². The van der Waals surface area contributed by atoms with Gasteiger partial charge in [0.15, 0.2) is 15.6 Å². The Morgan fingerprint density at radius 3 is 2.24 bits per heavy atom. The van der Waals surface area contributed by atoms with Crippen LogP contribution < -0.4 is 24.3 Å². The Kier molecular flexibility index (Phi) is 9.26. The summed E-state index contributed by atoms with van der Waals surface area (Å²) in [6.07, 6.45) is 5.71. The molecule has 0 aliphatic heterocycles. The average molecular weight is 575 g/mol. The zero-order valence-corrected chi connectivity index (χ0v) is 23.9. The Balaban J connectivity index is 1.50. The summed E-state index contributed by atoms with van der Waals surface area (Å²) in [6.45, 7) is 0. The molecule has 0 spiro atoms. The number of aromatic nitrogens is 1. The van der Waals surface area contributed by atoms with E-state index in [1.807, 2.05) is 36.4 Å². The molecule has 4 aromatic rings. The summed E-state index contributed by atoms with van der Waals surface area (Å²) in [7, 11) is 2.18. The third-order valence-corrected chi connectivity index (χ3v) is 7.46. The molecule has 0 aliphatic carbocycles. The van der Waals surface area contributed by atoms with Gasteiger partial charge in [-0.2, -0.15) is 0 Å². The van der Waals surface area contributed by atoms with Gasteiger partial charge in [0.05, 0.1) is 39.8 Å². The number of methoxy groups -OCH3 is 4. The van der Waals surface area contributed by atoms with E-state index in [0.717, 1.165) is 16.2 Å². The molecule has 212 valence electrons. The third-order valence-electron chi connectivity index (χ3n) is 6.17. The van der Waals surface area contributed by atoms with Gasteiger partial charge in [0.1, 0.15) is 22.9 Å². The first-order valence-electron chi connectivity index (χ1n) is 12.5. The number of nitrogens with zero attached hydrogens (tertiary/aromatic N) is 1. The molecule has 0 amide bonds. The topological polar surface area (TPSA) is 113 Å². The Morgan fingerprint density at radius 2 is 1.59 bits per heavy atom. The van der Waals surface area contributed by atoms with Gasteiger partial charge in [0, 0.05) is 41.6 Å². The number of ether oxygens (including phenoxy) is 4. The smallest absolute Gasteiger partial charge is 0.237 e. The van der Waals surface area contributed by atoms with Gasteiger partial charge < -0.3 is 24.3 Å². The van der Waals surface area contributed by atoms with Crippen LogP contribution in [0.25, 0.3) is 16.8 Å². The molecule has 1 N–H and O–H groups in total. The Labute approximate surface area is 239 Å². The number of carbonyl (C=O) groups excluding carboxylic acids is 1. The van der Waals surface area contributed by atoms with Gasteiger partial charge in [0.2, 0.25) is 5.88 Å². The quantitative estimate of drug-likeness (QED) is 0.169. The number of anilines is 1. The minimum atomic E-state index is -3.73. The fourth-order valence-corrected chi connectivity index (χ4v) is 5.20. The summed E-state index contributed by atoms with van der Waals surface area (Å²) in [5, 5.41) is 6.09. The summed E-state index contributed by atoms with van der Waals surface area (Å²) in [5.41, 5.74) is 1.82. The highest BCUT2D eigenvalue weighted by molar-refractivity contribution is 7.93. The summed E-state index contributed by atoms with van der Waals surface area (Å²) in [4.78, 5) is 16.9. The van der Waals surface area contributed by atoms with Gasteiger partial charge in [-0.1, -0.05) is 36.4 Å². The van der Waals surface area contributed by atoms with Crippen molar-refractivity contribution in [3.05, 3.63) is 101 Å². The SMILES string of the molecule is COc1cc(OC)c(C=CS(=O)(=O)Cc2cnc(OC)c(NC=CC(=O)c3ccc4ccccc4c3)c2)c(OC)c1. The number of hydrogen-bond donors (Lipinski definition) is 1. The van der Waals surface area contributed by atoms with Crippen LogP contribution in [-0.4, -0.2) is 47.6 Å². The van der Waals surface area contributed by atoms with Gasteiger partial charge >= 0.3 is 0 Å². The number of pyridine rings is 1. The number of benzene rings is 3. The predicted molar refractivity (Wildman–Crippen MR) is 160 cm³/mol. The zero-order chi connectivity index (χ0) is 29.4. The highest BCUT2D eigenvalue weighted by Crippen LogP contribution is 2.35. The minimum Gasteiger partial charge on any atom is -0.496 e. The molecule has 1 heterocycles. The lowest BCUT2D eigenvalue weighted by Crippen LogP contribution is -2.04. The molecule has 0 saturated heterocycles. The molecule has 41 heavy (non-hydrogen) atoms. The summed E-state index contributed by atoms with van der Waals surface area (Å²) in [6, 6.07) is 18.2. The number of allylic oxidation sites excluding steroid dienone is 1. The van der Waals surface area contributed by atoms with Crippen LogP contribution in [0.5, 0.6) is 23.1 Å². The highest BCUT2D eigenvalue weighted by atomic mass is 32.2. The van der Waals surface area contributed by atoms with E-state index in [1.165, 1.54) is 53.0 Å². The molecular formula is C31H30N2O7S. The van der Waals surface area contributed by atoms with Gasteiger partial charge in [-0.25, -0.2) is 13.4 Å². The lowest BCUT2D eigenvalue weighted by Gasteiger charge is -2.12. The van der Waals surface area contributed by atoms with Crippen LogP contribution in [0.2, 0.25) is 0 Å². The van der Waals surface area contributed by atoms with E-state index in [-0.39, 0.29) is 17.4 Å². The van der Waals surface area contributed by atoms with E-state index in [4.69, 9.17) is 18.9 Å². The number of carbonyl (C=O) groups is 1. The molecule has 3 aromatic carbocycles. The van der Waals surface area contributed by atoms with Crippen LogP contribution in [0, 0.1) is 0 Å². The van der Waals surface area contributed by atoms with E-state index in [0.29, 0.717) is 39.6 Å². The van der Waals surface area contributed by atoms with Crippen LogP contribution >= 0.6 is 0 Å². The average Bonchev–Trinajstić information content (AvgIpc) is 2.99. The number of rotatable bonds is 12. The summed E-state index contributed by atoms with van der Waals surface area (Å²) >= 11 is 0. The second-order valence-corrected chi connectivity index (χ2v) is 10.7. The Hall–Kier alpha value is -4.83. The van der Waals surface area contributed by atoms with E-state index in [9.17, 15) is 13.2 Å². The van der Waals surface area contributed by atoms with Crippen LogP contribution in [-0.2, 0) is 15.6 Å². The molecular weight excluding hydrogens is 544 g/mol. The minimum absolute atomic E-state index is 0.191. The second-order valence-electron chi connectivity index (χ2n) is 8.86. The van der Waals surface area contributed by atoms with Crippen molar-refractivity contribution in [1.82, 2.24) is 4.98 Å². The normalized spacial score (nSPS) is 11.6. The number of sulfone groups is 1. The van der Waals surface area contributed by atoms with Crippen molar-refractivity contribution in [1.29, 1.82) is 0 Å². The molecule has 10 heteroatoms. The molecule has 1 aromatic heterocycles. The maximum absolute atomic E-state index is 13.0. The summed E-state index contributed by atoms with van der Waals surface area (Å²) < 4.78 is 47.3. The zero-order valence-electron chi connectivity index (χ0n) is 23.1. The van der Waals surface area contributed by atoms with Crippen LogP contribution in [0.3, 0.4) is 0 Å².